The fourth-order valence-electron chi connectivity index (χ4n) is 4.20. The minimum absolute atomic E-state index is 0.203. The summed E-state index contributed by atoms with van der Waals surface area (Å²) in [7, 11) is 0. The topological polar surface area (TPSA) is 74.1 Å². The van der Waals surface area contributed by atoms with Gasteiger partial charge in [-0.2, -0.15) is 0 Å². The van der Waals surface area contributed by atoms with Crippen molar-refractivity contribution in [3.63, 3.8) is 0 Å². The third kappa shape index (κ3) is 3.53. The summed E-state index contributed by atoms with van der Waals surface area (Å²) < 4.78 is 0. The van der Waals surface area contributed by atoms with Crippen LogP contribution in [0.1, 0.15) is 24.0 Å². The second-order valence-corrected chi connectivity index (χ2v) is 7.74. The molecule has 146 valence electrons. The molecule has 0 bridgehead atoms. The van der Waals surface area contributed by atoms with Crippen LogP contribution in [0.15, 0.2) is 60.7 Å². The molecule has 2 fully saturated rings. The summed E-state index contributed by atoms with van der Waals surface area (Å²) >= 11 is 0. The molecule has 0 unspecified atom stereocenters. The number of nitrogens with one attached hydrogen (secondary N) is 2. The standard InChI is InChI=1S/C22H25N3O3/c26-19-11-13-24(14-12-19)16-25-20(27)22(23-21(25)28,18-9-5-2-6-10-18)15-17-7-3-1-4-8-17/h1-10,19,26H,11-16H2,(H,23,28)/p+1/t22-/m0/s1. The smallest absolute Gasteiger partial charge is 0.329 e. The Morgan fingerprint density at radius 2 is 1.61 bits per heavy atom. The molecule has 2 heterocycles. The first-order valence-corrected chi connectivity index (χ1v) is 9.84. The lowest BCUT2D eigenvalue weighted by molar-refractivity contribution is -0.913. The van der Waals surface area contributed by atoms with E-state index in [1.54, 1.807) is 0 Å². The lowest BCUT2D eigenvalue weighted by atomic mass is 9.83. The van der Waals surface area contributed by atoms with E-state index < -0.39 is 5.54 Å². The monoisotopic (exact) mass is 380 g/mol. The molecule has 3 N–H and O–H groups in total. The summed E-state index contributed by atoms with van der Waals surface area (Å²) in [6.07, 6.45) is 1.54. The first kappa shape index (κ1) is 18.7. The highest BCUT2D eigenvalue weighted by Gasteiger charge is 2.53. The van der Waals surface area contributed by atoms with Crippen LogP contribution in [0.25, 0.3) is 0 Å². The summed E-state index contributed by atoms with van der Waals surface area (Å²) in [5.41, 5.74) is 0.702. The van der Waals surface area contributed by atoms with E-state index in [1.165, 1.54) is 4.90 Å². The second kappa shape index (κ2) is 7.73. The van der Waals surface area contributed by atoms with Crippen molar-refractivity contribution >= 4 is 11.9 Å². The lowest BCUT2D eigenvalue weighted by Crippen LogP contribution is -3.14. The van der Waals surface area contributed by atoms with Gasteiger partial charge in [0.1, 0.15) is 0 Å². The molecule has 2 aromatic carbocycles. The molecule has 2 saturated heterocycles. The number of hydrogen-bond acceptors (Lipinski definition) is 3. The third-order valence-corrected chi connectivity index (χ3v) is 5.80. The van der Waals surface area contributed by atoms with Crippen LogP contribution >= 0.6 is 0 Å². The number of benzene rings is 2. The Bertz CT molecular complexity index is 835. The summed E-state index contributed by atoms with van der Waals surface area (Å²) in [6, 6.07) is 18.9. The maximum absolute atomic E-state index is 13.6. The highest BCUT2D eigenvalue weighted by molar-refractivity contribution is 6.07. The van der Waals surface area contributed by atoms with Crippen LogP contribution in [0.5, 0.6) is 0 Å². The van der Waals surface area contributed by atoms with Gasteiger partial charge in [-0.15, -0.1) is 0 Å². The average Bonchev–Trinajstić information content (AvgIpc) is 2.96. The molecule has 0 radical (unpaired) electrons. The van der Waals surface area contributed by atoms with Crippen molar-refractivity contribution < 1.29 is 19.6 Å². The minimum Gasteiger partial charge on any atom is -0.393 e. The maximum atomic E-state index is 13.6. The van der Waals surface area contributed by atoms with E-state index >= 15 is 0 Å². The van der Waals surface area contributed by atoms with Crippen molar-refractivity contribution in [3.05, 3.63) is 71.8 Å². The molecule has 0 aromatic heterocycles. The van der Waals surface area contributed by atoms with E-state index in [0.717, 1.165) is 29.1 Å². The number of carbonyl (C=O) groups is 2. The maximum Gasteiger partial charge on any atom is 0.329 e. The number of nitrogens with zero attached hydrogens (tertiary/aromatic N) is 1. The second-order valence-electron chi connectivity index (χ2n) is 7.74. The molecule has 4 rings (SSSR count). The van der Waals surface area contributed by atoms with E-state index in [9.17, 15) is 14.7 Å². The summed E-state index contributed by atoms with van der Waals surface area (Å²) in [6.45, 7) is 1.85. The fraction of sp³-hybridized carbons (Fsp3) is 0.364. The number of amides is 3. The van der Waals surface area contributed by atoms with Crippen LogP contribution in [0.3, 0.4) is 0 Å². The first-order chi connectivity index (χ1) is 13.6. The molecule has 2 aromatic rings. The molecular weight excluding hydrogens is 354 g/mol. The number of imide groups is 1. The summed E-state index contributed by atoms with van der Waals surface area (Å²) in [5.74, 6) is -0.203. The van der Waals surface area contributed by atoms with Gasteiger partial charge in [0, 0.05) is 19.3 Å². The lowest BCUT2D eigenvalue weighted by Gasteiger charge is -2.30. The van der Waals surface area contributed by atoms with Gasteiger partial charge in [0.05, 0.1) is 19.2 Å². The SMILES string of the molecule is O=C1N[C@@](Cc2ccccc2)(c2ccccc2)C(=O)N1C[NH+]1CCC(O)CC1. The highest BCUT2D eigenvalue weighted by atomic mass is 16.3. The van der Waals surface area contributed by atoms with Crippen molar-refractivity contribution in [3.8, 4) is 0 Å². The largest absolute Gasteiger partial charge is 0.393 e. The predicted octanol–water partition coefficient (Wildman–Crippen LogP) is 0.673. The number of quaternary nitrogens is 1. The molecule has 0 aliphatic carbocycles. The molecular formula is C22H26N3O3+. The number of likely N-dealkylation sites (tertiary alicyclic amines) is 1. The van der Waals surface area contributed by atoms with Gasteiger partial charge in [-0.3, -0.25) is 4.79 Å². The molecule has 0 saturated carbocycles. The van der Waals surface area contributed by atoms with Gasteiger partial charge in [-0.1, -0.05) is 60.7 Å². The van der Waals surface area contributed by atoms with Gasteiger partial charge in [-0.25, -0.2) is 9.69 Å². The molecule has 6 heteroatoms. The van der Waals surface area contributed by atoms with Crippen LogP contribution in [0.4, 0.5) is 4.79 Å². The van der Waals surface area contributed by atoms with Gasteiger partial charge in [0.2, 0.25) is 0 Å². The highest BCUT2D eigenvalue weighted by Crippen LogP contribution is 2.32. The number of hydrogen-bond donors (Lipinski definition) is 3. The van der Waals surface area contributed by atoms with Gasteiger partial charge in [0.15, 0.2) is 12.2 Å². The van der Waals surface area contributed by atoms with Crippen molar-refractivity contribution in [2.75, 3.05) is 19.8 Å². The van der Waals surface area contributed by atoms with Crippen molar-refractivity contribution in [1.29, 1.82) is 0 Å². The summed E-state index contributed by atoms with van der Waals surface area (Å²) in [4.78, 5) is 28.9. The van der Waals surface area contributed by atoms with Crippen LogP contribution in [-0.2, 0) is 16.8 Å². The third-order valence-electron chi connectivity index (χ3n) is 5.80. The van der Waals surface area contributed by atoms with Crippen molar-refractivity contribution in [1.82, 2.24) is 10.2 Å². The van der Waals surface area contributed by atoms with Gasteiger partial charge in [0.25, 0.3) is 5.91 Å². The number of carbonyl (C=O) groups excluding carboxylic acids is 2. The molecule has 28 heavy (non-hydrogen) atoms. The zero-order chi connectivity index (χ0) is 19.6. The van der Waals surface area contributed by atoms with Crippen LogP contribution in [0, 0.1) is 0 Å². The molecule has 2 aliphatic rings. The Morgan fingerprint density at radius 1 is 1.00 bits per heavy atom. The average molecular weight is 380 g/mol. The number of piperidine rings is 1. The molecule has 6 nitrogen and oxygen atoms in total. The van der Waals surface area contributed by atoms with Crippen LogP contribution in [0.2, 0.25) is 0 Å². The molecule has 0 spiro atoms. The Kier molecular flexibility index (Phi) is 5.15. The van der Waals surface area contributed by atoms with E-state index in [0.29, 0.717) is 25.9 Å². The zero-order valence-electron chi connectivity index (χ0n) is 15.8. The predicted molar refractivity (Wildman–Crippen MR) is 104 cm³/mol. The Hall–Kier alpha value is -2.70. The fourth-order valence-corrected chi connectivity index (χ4v) is 4.20. The first-order valence-electron chi connectivity index (χ1n) is 9.84. The van der Waals surface area contributed by atoms with Gasteiger partial charge in [-0.05, 0) is 11.1 Å². The van der Waals surface area contributed by atoms with Crippen molar-refractivity contribution in [2.24, 2.45) is 0 Å². The Labute approximate surface area is 164 Å². The summed E-state index contributed by atoms with van der Waals surface area (Å²) in [5, 5.41) is 12.7. The van der Waals surface area contributed by atoms with Gasteiger partial charge >= 0.3 is 6.03 Å². The van der Waals surface area contributed by atoms with Crippen LogP contribution in [-0.4, -0.2) is 47.8 Å². The van der Waals surface area contributed by atoms with E-state index in [1.807, 2.05) is 60.7 Å². The number of aliphatic hydroxyl groups excluding tert-OH is 1. The number of rotatable bonds is 5. The minimum atomic E-state index is -1.09. The quantitative estimate of drug-likeness (QED) is 0.668. The molecule has 1 atom stereocenters. The Balaban J connectivity index is 1.63. The number of urea groups is 1. The molecule has 3 amide bonds. The van der Waals surface area contributed by atoms with Gasteiger partial charge < -0.3 is 15.3 Å². The Morgan fingerprint density at radius 3 is 2.25 bits per heavy atom. The number of aliphatic hydroxyl groups is 1. The van der Waals surface area contributed by atoms with E-state index in [4.69, 9.17) is 0 Å². The zero-order valence-corrected chi connectivity index (χ0v) is 15.8. The van der Waals surface area contributed by atoms with E-state index in [-0.39, 0.29) is 18.0 Å². The van der Waals surface area contributed by atoms with Crippen LogP contribution < -0.4 is 10.2 Å². The van der Waals surface area contributed by atoms with E-state index in [2.05, 4.69) is 5.32 Å². The van der Waals surface area contributed by atoms with Crippen molar-refractivity contribution in [2.45, 2.75) is 30.9 Å². The molecule has 2 aliphatic heterocycles. The normalized spacial score (nSPS) is 27.7.